The molecule has 0 unspecified atom stereocenters. The van der Waals surface area contributed by atoms with Crippen molar-refractivity contribution < 1.29 is 14.6 Å². The summed E-state index contributed by atoms with van der Waals surface area (Å²) in [7, 11) is 3.01. The van der Waals surface area contributed by atoms with Crippen LogP contribution in [-0.4, -0.2) is 34.3 Å². The number of aromatic nitrogens is 3. The molecule has 7 heteroatoms. The number of aromatic hydroxyl groups is 1. The summed E-state index contributed by atoms with van der Waals surface area (Å²) >= 11 is 0. The number of hydrogen-bond donors (Lipinski definition) is 2. The predicted molar refractivity (Wildman–Crippen MR) is 81.8 cm³/mol. The van der Waals surface area contributed by atoms with Gasteiger partial charge in [0.2, 0.25) is 17.7 Å². The van der Waals surface area contributed by atoms with E-state index in [2.05, 4.69) is 20.3 Å². The highest BCUT2D eigenvalue weighted by Crippen LogP contribution is 2.32. The molecule has 1 aromatic carbocycles. The molecule has 3 aromatic rings. The third-order valence-corrected chi connectivity index (χ3v) is 3.09. The topological polar surface area (TPSA) is 89.4 Å². The SMILES string of the molecule is COc1cc(OC)nc(Nc2ccc3cccnc3c2O)n1. The number of pyridine rings is 1. The molecule has 22 heavy (non-hydrogen) atoms. The summed E-state index contributed by atoms with van der Waals surface area (Å²) in [4.78, 5) is 12.5. The van der Waals surface area contributed by atoms with E-state index in [0.717, 1.165) is 5.39 Å². The maximum atomic E-state index is 10.3. The van der Waals surface area contributed by atoms with Crippen LogP contribution in [0.5, 0.6) is 17.5 Å². The third kappa shape index (κ3) is 2.56. The summed E-state index contributed by atoms with van der Waals surface area (Å²) in [5.41, 5.74) is 0.948. The molecule has 2 N–H and O–H groups in total. The number of fused-ring (bicyclic) bond motifs is 1. The second-order valence-electron chi connectivity index (χ2n) is 4.44. The van der Waals surface area contributed by atoms with E-state index in [1.807, 2.05) is 18.2 Å². The molecule has 7 nitrogen and oxygen atoms in total. The van der Waals surface area contributed by atoms with Crippen LogP contribution < -0.4 is 14.8 Å². The van der Waals surface area contributed by atoms with Crippen molar-refractivity contribution in [2.75, 3.05) is 19.5 Å². The first-order chi connectivity index (χ1) is 10.7. The van der Waals surface area contributed by atoms with E-state index < -0.39 is 0 Å². The van der Waals surface area contributed by atoms with Crippen molar-refractivity contribution in [2.24, 2.45) is 0 Å². The Morgan fingerprint density at radius 1 is 1.05 bits per heavy atom. The van der Waals surface area contributed by atoms with E-state index in [-0.39, 0.29) is 11.7 Å². The molecule has 0 spiro atoms. The lowest BCUT2D eigenvalue weighted by Crippen LogP contribution is -2.01. The maximum Gasteiger partial charge on any atom is 0.233 e. The smallest absolute Gasteiger partial charge is 0.233 e. The van der Waals surface area contributed by atoms with Gasteiger partial charge in [-0.25, -0.2) is 0 Å². The monoisotopic (exact) mass is 298 g/mol. The lowest BCUT2D eigenvalue weighted by atomic mass is 10.2. The lowest BCUT2D eigenvalue weighted by molar-refractivity contribution is 0.373. The number of phenols is 1. The highest BCUT2D eigenvalue weighted by atomic mass is 16.5. The summed E-state index contributed by atoms with van der Waals surface area (Å²) in [5.74, 6) is 0.991. The van der Waals surface area contributed by atoms with Crippen molar-refractivity contribution in [1.82, 2.24) is 15.0 Å². The highest BCUT2D eigenvalue weighted by molar-refractivity contribution is 5.90. The van der Waals surface area contributed by atoms with Crippen LogP contribution in [0.15, 0.2) is 36.5 Å². The molecule has 0 radical (unpaired) electrons. The lowest BCUT2D eigenvalue weighted by Gasteiger charge is -2.10. The number of rotatable bonds is 4. The zero-order valence-corrected chi connectivity index (χ0v) is 12.1. The zero-order chi connectivity index (χ0) is 15.5. The molecule has 0 saturated carbocycles. The zero-order valence-electron chi connectivity index (χ0n) is 12.1. The maximum absolute atomic E-state index is 10.3. The van der Waals surface area contributed by atoms with Gasteiger partial charge in [-0.05, 0) is 12.1 Å². The molecule has 2 heterocycles. The van der Waals surface area contributed by atoms with Gasteiger partial charge in [-0.1, -0.05) is 12.1 Å². The molecule has 0 aliphatic rings. The summed E-state index contributed by atoms with van der Waals surface area (Å²) in [6.07, 6.45) is 1.62. The van der Waals surface area contributed by atoms with Crippen molar-refractivity contribution in [3.63, 3.8) is 0 Å². The molecule has 0 amide bonds. The summed E-state index contributed by atoms with van der Waals surface area (Å²) in [5, 5.41) is 14.1. The Labute approximate surface area is 126 Å². The van der Waals surface area contributed by atoms with Crippen molar-refractivity contribution in [2.45, 2.75) is 0 Å². The predicted octanol–water partition coefficient (Wildman–Crippen LogP) is 2.49. The minimum absolute atomic E-state index is 0.0310. The second-order valence-corrected chi connectivity index (χ2v) is 4.44. The number of nitrogens with one attached hydrogen (secondary N) is 1. The van der Waals surface area contributed by atoms with E-state index in [1.165, 1.54) is 14.2 Å². The van der Waals surface area contributed by atoms with Crippen LogP contribution in [0.4, 0.5) is 11.6 Å². The minimum Gasteiger partial charge on any atom is -0.504 e. The van der Waals surface area contributed by atoms with Crippen molar-refractivity contribution >= 4 is 22.5 Å². The first-order valence-corrected chi connectivity index (χ1v) is 6.52. The van der Waals surface area contributed by atoms with Crippen LogP contribution in [-0.2, 0) is 0 Å². The van der Waals surface area contributed by atoms with Crippen LogP contribution in [0.25, 0.3) is 10.9 Å². The number of benzene rings is 1. The average molecular weight is 298 g/mol. The van der Waals surface area contributed by atoms with E-state index >= 15 is 0 Å². The number of hydrogen-bond acceptors (Lipinski definition) is 7. The van der Waals surface area contributed by atoms with Crippen molar-refractivity contribution in [3.8, 4) is 17.5 Å². The molecule has 112 valence electrons. The van der Waals surface area contributed by atoms with E-state index in [4.69, 9.17) is 9.47 Å². The highest BCUT2D eigenvalue weighted by Gasteiger charge is 2.11. The van der Waals surface area contributed by atoms with Gasteiger partial charge in [0.1, 0.15) is 5.52 Å². The molecule has 0 bridgehead atoms. The fourth-order valence-electron chi connectivity index (χ4n) is 2.02. The van der Waals surface area contributed by atoms with E-state index in [9.17, 15) is 5.11 Å². The molecular weight excluding hydrogens is 284 g/mol. The number of anilines is 2. The van der Waals surface area contributed by atoms with Crippen LogP contribution in [0.1, 0.15) is 0 Å². The average Bonchev–Trinajstić information content (AvgIpc) is 2.57. The van der Waals surface area contributed by atoms with Gasteiger partial charge in [-0.2, -0.15) is 9.97 Å². The first-order valence-electron chi connectivity index (χ1n) is 6.52. The molecule has 3 rings (SSSR count). The Morgan fingerprint density at radius 3 is 2.45 bits per heavy atom. The van der Waals surface area contributed by atoms with Crippen molar-refractivity contribution in [3.05, 3.63) is 36.5 Å². The van der Waals surface area contributed by atoms with Gasteiger partial charge in [-0.3, -0.25) is 4.98 Å². The Morgan fingerprint density at radius 2 is 1.77 bits per heavy atom. The molecule has 0 saturated heterocycles. The molecule has 0 aliphatic carbocycles. The van der Waals surface area contributed by atoms with Crippen molar-refractivity contribution in [1.29, 1.82) is 0 Å². The second kappa shape index (κ2) is 5.72. The van der Waals surface area contributed by atoms with Gasteiger partial charge in [0.05, 0.1) is 26.0 Å². The normalized spacial score (nSPS) is 10.5. The van der Waals surface area contributed by atoms with Crippen LogP contribution >= 0.6 is 0 Å². The Kier molecular flexibility index (Phi) is 3.61. The number of phenolic OH excluding ortho intramolecular Hbond substituents is 1. The molecule has 0 aliphatic heterocycles. The fourth-order valence-corrected chi connectivity index (χ4v) is 2.02. The Hall–Kier alpha value is -3.09. The molecular formula is C15H14N4O3. The standard InChI is InChI=1S/C15H14N4O3/c1-21-11-8-12(22-2)19-15(18-11)17-10-6-5-9-4-3-7-16-13(9)14(10)20/h3-8,20H,1-2H3,(H,17,18,19). The number of methoxy groups -OCH3 is 2. The summed E-state index contributed by atoms with van der Waals surface area (Å²) < 4.78 is 10.2. The van der Waals surface area contributed by atoms with Gasteiger partial charge < -0.3 is 19.9 Å². The van der Waals surface area contributed by atoms with E-state index in [1.54, 1.807) is 18.3 Å². The Balaban J connectivity index is 2.01. The van der Waals surface area contributed by atoms with Gasteiger partial charge in [-0.15, -0.1) is 0 Å². The van der Waals surface area contributed by atoms with Gasteiger partial charge in [0.25, 0.3) is 0 Å². The minimum atomic E-state index is 0.0310. The van der Waals surface area contributed by atoms with E-state index in [0.29, 0.717) is 23.0 Å². The Bertz CT molecular complexity index is 801. The van der Waals surface area contributed by atoms with Gasteiger partial charge >= 0.3 is 0 Å². The molecule has 2 aromatic heterocycles. The third-order valence-electron chi connectivity index (χ3n) is 3.09. The largest absolute Gasteiger partial charge is 0.504 e. The van der Waals surface area contributed by atoms with Crippen LogP contribution in [0.3, 0.4) is 0 Å². The fraction of sp³-hybridized carbons (Fsp3) is 0.133. The summed E-state index contributed by atoms with van der Waals surface area (Å²) in [6, 6.07) is 8.82. The number of ether oxygens (including phenoxy) is 2. The molecule has 0 atom stereocenters. The van der Waals surface area contributed by atoms with Crippen LogP contribution in [0, 0.1) is 0 Å². The quantitative estimate of drug-likeness (QED) is 0.715. The van der Waals surface area contributed by atoms with Crippen LogP contribution in [0.2, 0.25) is 0 Å². The molecule has 0 fully saturated rings. The number of nitrogens with zero attached hydrogens (tertiary/aromatic N) is 3. The van der Waals surface area contributed by atoms with Gasteiger partial charge in [0, 0.05) is 11.6 Å². The van der Waals surface area contributed by atoms with Gasteiger partial charge in [0.15, 0.2) is 5.75 Å². The first kappa shape index (κ1) is 13.9. The summed E-state index contributed by atoms with van der Waals surface area (Å²) in [6.45, 7) is 0.